The van der Waals surface area contributed by atoms with Gasteiger partial charge in [0.15, 0.2) is 6.29 Å². The Labute approximate surface area is 106 Å². The van der Waals surface area contributed by atoms with Gasteiger partial charge in [-0.3, -0.25) is 0 Å². The minimum Gasteiger partial charge on any atom is -0.394 e. The van der Waals surface area contributed by atoms with Gasteiger partial charge in [0.25, 0.3) is 0 Å². The van der Waals surface area contributed by atoms with Gasteiger partial charge in [0.2, 0.25) is 0 Å². The number of ether oxygens (including phenoxy) is 2. The minimum atomic E-state index is -1.44. The van der Waals surface area contributed by atoms with Crippen molar-refractivity contribution in [1.82, 2.24) is 0 Å². The standard InChI is InChI=1S/C11H22O7/c1-5(13)3-6(2)17-11-10(16)9(15)8(14)7(4-12)18-11/h5-16H,3-4H2,1-2H3. The maximum atomic E-state index is 9.70. The average molecular weight is 266 g/mol. The number of aliphatic hydroxyl groups is 5. The van der Waals surface area contributed by atoms with Gasteiger partial charge < -0.3 is 35.0 Å². The molecule has 0 aromatic heterocycles. The molecule has 7 atom stereocenters. The van der Waals surface area contributed by atoms with Crippen LogP contribution in [0.1, 0.15) is 20.3 Å². The lowest BCUT2D eigenvalue weighted by Crippen LogP contribution is -2.59. The summed E-state index contributed by atoms with van der Waals surface area (Å²) in [6.45, 7) is 2.80. The van der Waals surface area contributed by atoms with Crippen LogP contribution < -0.4 is 0 Å². The molecular weight excluding hydrogens is 244 g/mol. The summed E-state index contributed by atoms with van der Waals surface area (Å²) >= 11 is 0. The summed E-state index contributed by atoms with van der Waals surface area (Å²) in [5.41, 5.74) is 0. The summed E-state index contributed by atoms with van der Waals surface area (Å²) in [6, 6.07) is 0. The highest BCUT2D eigenvalue weighted by molar-refractivity contribution is 4.89. The molecule has 7 heteroatoms. The van der Waals surface area contributed by atoms with Gasteiger partial charge in [-0.1, -0.05) is 0 Å². The quantitative estimate of drug-likeness (QED) is 0.389. The summed E-state index contributed by atoms with van der Waals surface area (Å²) in [5, 5.41) is 47.0. The van der Waals surface area contributed by atoms with E-state index in [-0.39, 0.29) is 0 Å². The Morgan fingerprint density at radius 2 is 1.72 bits per heavy atom. The summed E-state index contributed by atoms with van der Waals surface area (Å²) in [4.78, 5) is 0. The Morgan fingerprint density at radius 1 is 1.11 bits per heavy atom. The Bertz CT molecular complexity index is 246. The summed E-state index contributed by atoms with van der Waals surface area (Å²) in [6.07, 6.45) is -6.98. The third kappa shape index (κ3) is 3.86. The first kappa shape index (κ1) is 15.8. The largest absolute Gasteiger partial charge is 0.394 e. The van der Waals surface area contributed by atoms with Crippen LogP contribution in [0.15, 0.2) is 0 Å². The van der Waals surface area contributed by atoms with Crippen molar-refractivity contribution in [2.24, 2.45) is 0 Å². The van der Waals surface area contributed by atoms with Crippen LogP contribution in [0.5, 0.6) is 0 Å². The highest BCUT2D eigenvalue weighted by atomic mass is 16.7. The van der Waals surface area contributed by atoms with Gasteiger partial charge >= 0.3 is 0 Å². The molecule has 0 aromatic carbocycles. The molecule has 1 saturated heterocycles. The zero-order valence-electron chi connectivity index (χ0n) is 10.5. The van der Waals surface area contributed by atoms with Crippen LogP contribution >= 0.6 is 0 Å². The molecule has 18 heavy (non-hydrogen) atoms. The molecule has 0 amide bonds. The molecule has 7 unspecified atom stereocenters. The SMILES string of the molecule is CC(O)CC(C)OC1OC(CO)C(O)C(O)C1O. The van der Waals surface area contributed by atoms with E-state index in [4.69, 9.17) is 14.6 Å². The summed E-state index contributed by atoms with van der Waals surface area (Å²) < 4.78 is 10.5. The third-order valence-electron chi connectivity index (χ3n) is 2.89. The maximum absolute atomic E-state index is 9.70. The number of hydrogen-bond acceptors (Lipinski definition) is 7. The van der Waals surface area contributed by atoms with Gasteiger partial charge in [-0.25, -0.2) is 0 Å². The normalized spacial score (nSPS) is 40.5. The van der Waals surface area contributed by atoms with Crippen LogP contribution in [0.3, 0.4) is 0 Å². The molecule has 7 nitrogen and oxygen atoms in total. The minimum absolute atomic E-state index is 0.342. The zero-order chi connectivity index (χ0) is 13.9. The fourth-order valence-corrected chi connectivity index (χ4v) is 1.94. The molecule has 1 heterocycles. The lowest BCUT2D eigenvalue weighted by atomic mass is 9.99. The maximum Gasteiger partial charge on any atom is 0.186 e. The average Bonchev–Trinajstić information content (AvgIpc) is 2.29. The van der Waals surface area contributed by atoms with Gasteiger partial charge in [-0.2, -0.15) is 0 Å². The van der Waals surface area contributed by atoms with E-state index in [1.807, 2.05) is 0 Å². The van der Waals surface area contributed by atoms with E-state index in [9.17, 15) is 20.4 Å². The van der Waals surface area contributed by atoms with Crippen LogP contribution in [0.4, 0.5) is 0 Å². The van der Waals surface area contributed by atoms with E-state index in [0.717, 1.165) is 0 Å². The second-order valence-corrected chi connectivity index (χ2v) is 4.73. The Hall–Kier alpha value is -0.280. The number of aliphatic hydroxyl groups excluding tert-OH is 5. The highest BCUT2D eigenvalue weighted by Crippen LogP contribution is 2.23. The third-order valence-corrected chi connectivity index (χ3v) is 2.89. The van der Waals surface area contributed by atoms with Gasteiger partial charge in [0, 0.05) is 0 Å². The van der Waals surface area contributed by atoms with Gasteiger partial charge in [0.05, 0.1) is 18.8 Å². The van der Waals surface area contributed by atoms with Crippen LogP contribution in [-0.4, -0.2) is 75.1 Å². The van der Waals surface area contributed by atoms with E-state index < -0.39 is 49.5 Å². The molecule has 0 saturated carbocycles. The first-order valence-corrected chi connectivity index (χ1v) is 6.00. The van der Waals surface area contributed by atoms with Crippen LogP contribution in [0.25, 0.3) is 0 Å². The Balaban J connectivity index is 2.58. The molecule has 1 rings (SSSR count). The van der Waals surface area contributed by atoms with E-state index in [2.05, 4.69) is 0 Å². The number of rotatable bonds is 5. The predicted molar refractivity (Wildman–Crippen MR) is 60.6 cm³/mol. The molecule has 1 aliphatic heterocycles. The highest BCUT2D eigenvalue weighted by Gasteiger charge is 2.44. The van der Waals surface area contributed by atoms with Crippen molar-refractivity contribution < 1.29 is 35.0 Å². The van der Waals surface area contributed by atoms with Crippen molar-refractivity contribution in [3.63, 3.8) is 0 Å². The van der Waals surface area contributed by atoms with E-state index in [0.29, 0.717) is 6.42 Å². The van der Waals surface area contributed by atoms with Crippen molar-refractivity contribution in [2.45, 2.75) is 63.2 Å². The molecule has 1 aliphatic rings. The second-order valence-electron chi connectivity index (χ2n) is 4.73. The molecule has 108 valence electrons. The van der Waals surface area contributed by atoms with Crippen molar-refractivity contribution in [3.8, 4) is 0 Å². The lowest BCUT2D eigenvalue weighted by molar-refractivity contribution is -0.311. The first-order valence-electron chi connectivity index (χ1n) is 6.00. The fourth-order valence-electron chi connectivity index (χ4n) is 1.94. The molecule has 1 fully saturated rings. The molecule has 5 N–H and O–H groups in total. The molecule has 0 bridgehead atoms. The van der Waals surface area contributed by atoms with Crippen LogP contribution in [-0.2, 0) is 9.47 Å². The Kier molecular flexibility index (Phi) is 5.93. The van der Waals surface area contributed by atoms with Gasteiger partial charge in [-0.15, -0.1) is 0 Å². The monoisotopic (exact) mass is 266 g/mol. The van der Waals surface area contributed by atoms with E-state index in [1.54, 1.807) is 13.8 Å². The van der Waals surface area contributed by atoms with Crippen molar-refractivity contribution >= 4 is 0 Å². The molecular formula is C11H22O7. The van der Waals surface area contributed by atoms with E-state index >= 15 is 0 Å². The summed E-state index contributed by atoms with van der Waals surface area (Å²) in [7, 11) is 0. The van der Waals surface area contributed by atoms with Crippen LogP contribution in [0.2, 0.25) is 0 Å². The summed E-state index contributed by atoms with van der Waals surface area (Å²) in [5.74, 6) is 0. The lowest BCUT2D eigenvalue weighted by Gasteiger charge is -2.40. The van der Waals surface area contributed by atoms with Gasteiger partial charge in [0.1, 0.15) is 24.4 Å². The first-order chi connectivity index (χ1) is 8.36. The van der Waals surface area contributed by atoms with Crippen molar-refractivity contribution in [2.75, 3.05) is 6.61 Å². The fraction of sp³-hybridized carbons (Fsp3) is 1.00. The van der Waals surface area contributed by atoms with Crippen molar-refractivity contribution in [1.29, 1.82) is 0 Å². The Morgan fingerprint density at radius 3 is 2.22 bits per heavy atom. The zero-order valence-corrected chi connectivity index (χ0v) is 10.5. The van der Waals surface area contributed by atoms with Crippen LogP contribution in [0, 0.1) is 0 Å². The molecule has 0 aliphatic carbocycles. The number of hydrogen-bond donors (Lipinski definition) is 5. The molecule has 0 aromatic rings. The topological polar surface area (TPSA) is 120 Å². The molecule has 0 radical (unpaired) electrons. The van der Waals surface area contributed by atoms with Gasteiger partial charge in [-0.05, 0) is 20.3 Å². The molecule has 0 spiro atoms. The van der Waals surface area contributed by atoms with E-state index in [1.165, 1.54) is 0 Å². The van der Waals surface area contributed by atoms with Crippen molar-refractivity contribution in [3.05, 3.63) is 0 Å². The smallest absolute Gasteiger partial charge is 0.186 e. The predicted octanol–water partition coefficient (Wildman–Crippen LogP) is -2.04. The second kappa shape index (κ2) is 6.76.